The van der Waals surface area contributed by atoms with Crippen molar-refractivity contribution in [1.82, 2.24) is 0 Å². The number of methoxy groups -OCH3 is 2. The molecular weight excluding hydrogens is 624 g/mol. The molecule has 0 N–H and O–H groups in total. The number of aryl methyl sites for hydroxylation is 4. The molecule has 2 aromatic heterocycles. The molecule has 0 saturated heterocycles. The second kappa shape index (κ2) is 10.6. The summed E-state index contributed by atoms with van der Waals surface area (Å²) < 4.78 is 12.4. The van der Waals surface area contributed by atoms with Crippen molar-refractivity contribution in [3.63, 3.8) is 0 Å². The lowest BCUT2D eigenvalue weighted by atomic mass is 9.86. The Bertz CT molecular complexity index is 1370. The van der Waals surface area contributed by atoms with Crippen LogP contribution in [0.15, 0.2) is 56.1 Å². The first-order chi connectivity index (χ1) is 17.4. The van der Waals surface area contributed by atoms with Crippen LogP contribution in [-0.4, -0.2) is 26.2 Å². The van der Waals surface area contributed by atoms with E-state index in [1.165, 1.54) is 14.2 Å². The Kier molecular flexibility index (Phi) is 7.49. The van der Waals surface area contributed by atoms with E-state index in [1.807, 2.05) is 24.3 Å². The summed E-state index contributed by atoms with van der Waals surface area (Å²) >= 11 is 10.5. The van der Waals surface area contributed by atoms with E-state index in [9.17, 15) is 9.59 Å². The van der Waals surface area contributed by atoms with Gasteiger partial charge in [-0.15, -0.1) is 22.7 Å². The number of carbonyl (C=O) groups is 2. The fraction of sp³-hybridized carbons (Fsp3) is 0.214. The molecule has 4 nitrogen and oxygen atoms in total. The van der Waals surface area contributed by atoms with E-state index >= 15 is 0 Å². The molecule has 8 heteroatoms. The molecule has 0 unspecified atom stereocenters. The summed E-state index contributed by atoms with van der Waals surface area (Å²) in [6.07, 6.45) is 2.58. The van der Waals surface area contributed by atoms with E-state index in [2.05, 4.69) is 56.1 Å². The van der Waals surface area contributed by atoms with Gasteiger partial charge in [0.25, 0.3) is 0 Å². The van der Waals surface area contributed by atoms with Gasteiger partial charge >= 0.3 is 11.9 Å². The lowest BCUT2D eigenvalue weighted by molar-refractivity contribution is 0.0591. The van der Waals surface area contributed by atoms with Crippen molar-refractivity contribution >= 4 is 66.5 Å². The molecular formula is C28H22Br2O4S2. The molecule has 4 aromatic rings. The van der Waals surface area contributed by atoms with Gasteiger partial charge in [0.05, 0.1) is 32.9 Å². The van der Waals surface area contributed by atoms with Crippen LogP contribution in [0.4, 0.5) is 0 Å². The third kappa shape index (κ3) is 4.96. The number of carbonyl (C=O) groups excluding carboxylic acids is 2. The molecule has 184 valence electrons. The molecule has 36 heavy (non-hydrogen) atoms. The quantitative estimate of drug-likeness (QED) is 0.210. The lowest BCUT2D eigenvalue weighted by Crippen LogP contribution is -2.13. The largest absolute Gasteiger partial charge is 0.465 e. The zero-order chi connectivity index (χ0) is 25.4. The molecule has 2 aromatic carbocycles. The highest BCUT2D eigenvalue weighted by atomic mass is 79.9. The molecule has 0 fully saturated rings. The van der Waals surface area contributed by atoms with E-state index in [0.29, 0.717) is 36.8 Å². The fourth-order valence-corrected chi connectivity index (χ4v) is 7.60. The first-order valence-electron chi connectivity index (χ1n) is 11.4. The summed E-state index contributed by atoms with van der Waals surface area (Å²) in [6.45, 7) is 0. The van der Waals surface area contributed by atoms with Crippen molar-refractivity contribution in [2.45, 2.75) is 25.7 Å². The first-order valence-corrected chi connectivity index (χ1v) is 14.6. The van der Waals surface area contributed by atoms with Crippen LogP contribution < -0.4 is 0 Å². The average molecular weight is 646 g/mol. The predicted octanol–water partition coefficient (Wildman–Crippen LogP) is 8.13. The van der Waals surface area contributed by atoms with Gasteiger partial charge in [0.1, 0.15) is 0 Å². The van der Waals surface area contributed by atoms with Crippen molar-refractivity contribution in [3.8, 4) is 20.9 Å². The molecule has 0 spiro atoms. The van der Waals surface area contributed by atoms with E-state index in [-0.39, 0.29) is 11.9 Å². The van der Waals surface area contributed by atoms with Gasteiger partial charge in [0.2, 0.25) is 0 Å². The van der Waals surface area contributed by atoms with Crippen LogP contribution in [0.5, 0.6) is 0 Å². The number of thiophene rings is 2. The highest BCUT2D eigenvalue weighted by Gasteiger charge is 2.23. The molecule has 2 heterocycles. The minimum atomic E-state index is -0.325. The van der Waals surface area contributed by atoms with Gasteiger partial charge in [-0.3, -0.25) is 0 Å². The third-order valence-corrected chi connectivity index (χ3v) is 9.79. The number of halogens is 2. The van der Waals surface area contributed by atoms with Gasteiger partial charge in [0, 0.05) is 9.75 Å². The smallest absolute Gasteiger partial charge is 0.338 e. The highest BCUT2D eigenvalue weighted by Crippen LogP contribution is 2.39. The molecule has 4 aliphatic carbocycles. The van der Waals surface area contributed by atoms with E-state index < -0.39 is 0 Å². The van der Waals surface area contributed by atoms with Crippen molar-refractivity contribution in [1.29, 1.82) is 0 Å². The Hall–Kier alpha value is -2.26. The number of benzene rings is 2. The fourth-order valence-electron chi connectivity index (χ4n) is 4.72. The van der Waals surface area contributed by atoms with Gasteiger partial charge in [-0.2, -0.15) is 0 Å². The maximum Gasteiger partial charge on any atom is 0.338 e. The summed E-state index contributed by atoms with van der Waals surface area (Å²) in [5, 5.41) is 0. The number of esters is 2. The summed E-state index contributed by atoms with van der Waals surface area (Å²) in [6, 6.07) is 16.5. The average Bonchev–Trinajstić information content (AvgIpc) is 3.51. The molecule has 4 bridgehead atoms. The Morgan fingerprint density at radius 1 is 0.639 bits per heavy atom. The van der Waals surface area contributed by atoms with Crippen LogP contribution in [-0.2, 0) is 35.2 Å². The summed E-state index contributed by atoms with van der Waals surface area (Å²) in [5.74, 6) is -0.650. The Morgan fingerprint density at radius 2 is 1.03 bits per heavy atom. The van der Waals surface area contributed by atoms with Crippen molar-refractivity contribution < 1.29 is 19.1 Å². The second-order valence-corrected chi connectivity index (χ2v) is 13.4. The van der Waals surface area contributed by atoms with Crippen LogP contribution >= 0.6 is 54.5 Å². The summed E-state index contributed by atoms with van der Waals surface area (Å²) in [7, 11) is 2.85. The molecule has 0 radical (unpaired) electrons. The standard InChI is InChI=1S/C28H22Br2O4S2/c1-33-27(31)21-13-15-4-6-18-12-20(24-8-10-26(30)36-24)16(14-22(18)28(32)34-2)3-5-17(21)11-19(15)23-7-9-25(29)35-23/h7-14H,3-6H2,1-2H3. The molecule has 8 rings (SSSR count). The van der Waals surface area contributed by atoms with E-state index in [0.717, 1.165) is 50.7 Å². The summed E-state index contributed by atoms with van der Waals surface area (Å²) in [4.78, 5) is 27.9. The topological polar surface area (TPSA) is 52.6 Å². The van der Waals surface area contributed by atoms with Crippen LogP contribution in [0.1, 0.15) is 43.0 Å². The van der Waals surface area contributed by atoms with Gasteiger partial charge in [-0.1, -0.05) is 0 Å². The summed E-state index contributed by atoms with van der Waals surface area (Å²) in [5.41, 5.74) is 7.42. The van der Waals surface area contributed by atoms with Crippen molar-refractivity contribution in [2.75, 3.05) is 14.2 Å². The number of hydrogen-bond donors (Lipinski definition) is 0. The van der Waals surface area contributed by atoms with Crippen molar-refractivity contribution in [2.24, 2.45) is 0 Å². The molecule has 4 aliphatic rings. The van der Waals surface area contributed by atoms with Gasteiger partial charge < -0.3 is 9.47 Å². The normalized spacial score (nSPS) is 12.8. The Labute approximate surface area is 234 Å². The minimum Gasteiger partial charge on any atom is -0.465 e. The Balaban J connectivity index is 1.71. The van der Waals surface area contributed by atoms with Crippen LogP contribution in [0.25, 0.3) is 20.9 Å². The second-order valence-electron chi connectivity index (χ2n) is 8.52. The first kappa shape index (κ1) is 25.4. The molecule has 0 atom stereocenters. The van der Waals surface area contributed by atoms with E-state index in [1.54, 1.807) is 22.7 Å². The van der Waals surface area contributed by atoms with E-state index in [4.69, 9.17) is 9.47 Å². The minimum absolute atomic E-state index is 0.325. The van der Waals surface area contributed by atoms with Gasteiger partial charge in [-0.05, 0) is 139 Å². The zero-order valence-corrected chi connectivity index (χ0v) is 24.5. The molecule has 0 amide bonds. The number of ether oxygens (including phenoxy) is 2. The van der Waals surface area contributed by atoms with Gasteiger partial charge in [0.15, 0.2) is 0 Å². The SMILES string of the molecule is COC(=O)c1cc2c(-c3ccc(Br)s3)cc1CCc1cc(C(=O)OC)c(cc1-c1ccc(Br)s1)CC2. The zero-order valence-electron chi connectivity index (χ0n) is 19.7. The lowest BCUT2D eigenvalue weighted by Gasteiger charge is -2.20. The van der Waals surface area contributed by atoms with Crippen LogP contribution in [0.3, 0.4) is 0 Å². The van der Waals surface area contributed by atoms with Crippen LogP contribution in [0, 0.1) is 0 Å². The highest BCUT2D eigenvalue weighted by molar-refractivity contribution is 9.11. The van der Waals surface area contributed by atoms with Crippen molar-refractivity contribution in [3.05, 3.63) is 89.5 Å². The maximum absolute atomic E-state index is 12.8. The molecule has 0 saturated carbocycles. The van der Waals surface area contributed by atoms with Crippen LogP contribution in [0.2, 0.25) is 0 Å². The predicted molar refractivity (Wildman–Crippen MR) is 152 cm³/mol. The number of hydrogen-bond acceptors (Lipinski definition) is 6. The molecule has 0 aliphatic heterocycles. The Morgan fingerprint density at radius 3 is 1.36 bits per heavy atom. The number of rotatable bonds is 4. The maximum atomic E-state index is 12.8. The monoisotopic (exact) mass is 644 g/mol. The van der Waals surface area contributed by atoms with Gasteiger partial charge in [-0.25, -0.2) is 9.59 Å². The third-order valence-electron chi connectivity index (χ3n) is 6.47.